The zero-order chi connectivity index (χ0) is 19.9. The van der Waals surface area contributed by atoms with Crippen LogP contribution in [0.1, 0.15) is 27.6 Å². The van der Waals surface area contributed by atoms with Gasteiger partial charge in [0, 0.05) is 24.5 Å². The maximum atomic E-state index is 10.9. The highest BCUT2D eigenvalue weighted by Gasteiger charge is 2.08. The third kappa shape index (κ3) is 5.39. The van der Waals surface area contributed by atoms with E-state index < -0.39 is 12.1 Å². The van der Waals surface area contributed by atoms with E-state index in [1.807, 2.05) is 24.3 Å². The molecule has 0 amide bonds. The fourth-order valence-corrected chi connectivity index (χ4v) is 3.05. The highest BCUT2D eigenvalue weighted by molar-refractivity contribution is 6.30. The molecule has 1 heterocycles. The van der Waals surface area contributed by atoms with Crippen molar-refractivity contribution in [1.29, 1.82) is 0 Å². The summed E-state index contributed by atoms with van der Waals surface area (Å²) in [6, 6.07) is 16.7. The lowest BCUT2D eigenvalue weighted by atomic mass is 10.0. The molecule has 3 aromatic rings. The van der Waals surface area contributed by atoms with E-state index in [4.69, 9.17) is 16.7 Å². The molecule has 1 aromatic heterocycles. The number of aliphatic hydroxyl groups is 1. The quantitative estimate of drug-likeness (QED) is 0.502. The third-order valence-electron chi connectivity index (χ3n) is 4.46. The van der Waals surface area contributed by atoms with E-state index in [-0.39, 0.29) is 5.56 Å². The van der Waals surface area contributed by atoms with E-state index in [0.29, 0.717) is 17.1 Å². The number of carboxylic acid groups (broad SMARTS) is 1. The van der Waals surface area contributed by atoms with Crippen molar-refractivity contribution in [3.05, 3.63) is 88.7 Å². The number of aliphatic hydroxyl groups excluding tert-OH is 1. The Kier molecular flexibility index (Phi) is 6.76. The summed E-state index contributed by atoms with van der Waals surface area (Å²) in [5.41, 5.74) is 4.17. The molecule has 0 radical (unpaired) electrons. The second-order valence-electron chi connectivity index (χ2n) is 6.49. The number of nitrogens with one attached hydrogen (secondary N) is 1. The van der Waals surface area contributed by atoms with Crippen LogP contribution in [-0.4, -0.2) is 34.3 Å². The minimum absolute atomic E-state index is 0.280. The molecular weight excluding hydrogens is 376 g/mol. The summed E-state index contributed by atoms with van der Waals surface area (Å²) in [4.78, 5) is 14.9. The predicted molar refractivity (Wildman–Crippen MR) is 110 cm³/mol. The van der Waals surface area contributed by atoms with Gasteiger partial charge in [-0.3, -0.25) is 4.98 Å². The Labute approximate surface area is 168 Å². The third-order valence-corrected chi connectivity index (χ3v) is 4.66. The molecule has 0 spiro atoms. The lowest BCUT2D eigenvalue weighted by molar-refractivity contribution is 0.0697. The van der Waals surface area contributed by atoms with Gasteiger partial charge in [-0.1, -0.05) is 48.0 Å². The van der Waals surface area contributed by atoms with Crippen LogP contribution in [0.5, 0.6) is 0 Å². The first-order valence-corrected chi connectivity index (χ1v) is 9.32. The Hall–Kier alpha value is -2.73. The van der Waals surface area contributed by atoms with Gasteiger partial charge < -0.3 is 15.5 Å². The normalized spacial score (nSPS) is 11.9. The molecule has 0 fully saturated rings. The largest absolute Gasteiger partial charge is 0.478 e. The van der Waals surface area contributed by atoms with Crippen molar-refractivity contribution >= 4 is 17.6 Å². The van der Waals surface area contributed by atoms with Crippen LogP contribution in [0.25, 0.3) is 11.1 Å². The van der Waals surface area contributed by atoms with E-state index in [2.05, 4.69) is 22.4 Å². The number of aromatic carboxylic acids is 1. The number of carboxylic acids is 1. The first-order valence-electron chi connectivity index (χ1n) is 8.95. The molecule has 1 atom stereocenters. The van der Waals surface area contributed by atoms with Crippen molar-refractivity contribution in [2.75, 3.05) is 13.1 Å². The molecule has 0 aliphatic rings. The summed E-state index contributed by atoms with van der Waals surface area (Å²) in [5, 5.41) is 22.9. The van der Waals surface area contributed by atoms with E-state index in [9.17, 15) is 9.90 Å². The molecule has 144 valence electrons. The molecule has 0 bridgehead atoms. The van der Waals surface area contributed by atoms with Gasteiger partial charge in [-0.2, -0.15) is 0 Å². The lowest BCUT2D eigenvalue weighted by Crippen LogP contribution is -2.23. The lowest BCUT2D eigenvalue weighted by Gasteiger charge is -2.12. The number of halogens is 1. The molecule has 2 aromatic carbocycles. The molecule has 3 N–H and O–H groups in total. The van der Waals surface area contributed by atoms with Crippen LogP contribution >= 0.6 is 11.6 Å². The molecule has 0 saturated carbocycles. The average molecular weight is 397 g/mol. The fourth-order valence-electron chi connectivity index (χ4n) is 2.87. The van der Waals surface area contributed by atoms with Gasteiger partial charge in [0.05, 0.1) is 16.7 Å². The zero-order valence-corrected chi connectivity index (χ0v) is 15.9. The number of pyridine rings is 1. The first-order chi connectivity index (χ1) is 13.5. The Balaban J connectivity index is 1.48. The molecule has 3 rings (SSSR count). The van der Waals surface area contributed by atoms with Crippen molar-refractivity contribution in [1.82, 2.24) is 10.3 Å². The maximum absolute atomic E-state index is 10.9. The highest BCUT2D eigenvalue weighted by atomic mass is 35.5. The minimum Gasteiger partial charge on any atom is -0.478 e. The predicted octanol–water partition coefficient (Wildman–Crippen LogP) is 3.97. The fraction of sp³-hybridized carbons (Fsp3) is 0.182. The summed E-state index contributed by atoms with van der Waals surface area (Å²) in [6.07, 6.45) is 3.33. The van der Waals surface area contributed by atoms with Gasteiger partial charge in [-0.05, 0) is 47.9 Å². The second kappa shape index (κ2) is 9.46. The topological polar surface area (TPSA) is 82.5 Å². The highest BCUT2D eigenvalue weighted by Crippen LogP contribution is 2.21. The number of aromatic nitrogens is 1. The first kappa shape index (κ1) is 20.0. The molecule has 0 saturated heterocycles. The van der Waals surface area contributed by atoms with Gasteiger partial charge in [-0.25, -0.2) is 4.79 Å². The van der Waals surface area contributed by atoms with E-state index in [0.717, 1.165) is 24.1 Å². The van der Waals surface area contributed by atoms with Gasteiger partial charge in [0.2, 0.25) is 0 Å². The van der Waals surface area contributed by atoms with Gasteiger partial charge >= 0.3 is 5.97 Å². The van der Waals surface area contributed by atoms with E-state index >= 15 is 0 Å². The zero-order valence-electron chi connectivity index (χ0n) is 15.2. The van der Waals surface area contributed by atoms with Crippen LogP contribution in [-0.2, 0) is 6.42 Å². The Morgan fingerprint density at radius 3 is 2.29 bits per heavy atom. The minimum atomic E-state index is -0.925. The van der Waals surface area contributed by atoms with Gasteiger partial charge in [0.25, 0.3) is 0 Å². The van der Waals surface area contributed by atoms with Crippen LogP contribution in [0.15, 0.2) is 67.0 Å². The van der Waals surface area contributed by atoms with Crippen molar-refractivity contribution in [2.24, 2.45) is 0 Å². The van der Waals surface area contributed by atoms with Crippen molar-refractivity contribution < 1.29 is 15.0 Å². The summed E-state index contributed by atoms with van der Waals surface area (Å²) in [5.74, 6) is -0.925. The van der Waals surface area contributed by atoms with Crippen LogP contribution in [0.3, 0.4) is 0 Å². The summed E-state index contributed by atoms with van der Waals surface area (Å²) in [7, 11) is 0. The van der Waals surface area contributed by atoms with Crippen LogP contribution < -0.4 is 5.32 Å². The SMILES string of the molecule is O=C(O)c1ccc(-c2ccc(CCNC[C@@H](O)c3cncc(Cl)c3)cc2)cc1. The number of rotatable bonds is 8. The smallest absolute Gasteiger partial charge is 0.335 e. The van der Waals surface area contributed by atoms with Crippen molar-refractivity contribution in [3.8, 4) is 11.1 Å². The van der Waals surface area contributed by atoms with Gasteiger partial charge in [-0.15, -0.1) is 0 Å². The summed E-state index contributed by atoms with van der Waals surface area (Å²) < 4.78 is 0. The Bertz CT molecular complexity index is 927. The monoisotopic (exact) mass is 396 g/mol. The van der Waals surface area contributed by atoms with Crippen molar-refractivity contribution in [3.63, 3.8) is 0 Å². The molecule has 6 heteroatoms. The molecule has 0 aliphatic heterocycles. The molecule has 5 nitrogen and oxygen atoms in total. The number of nitrogens with zero attached hydrogens (tertiary/aromatic N) is 1. The number of hydrogen-bond donors (Lipinski definition) is 3. The second-order valence-corrected chi connectivity index (χ2v) is 6.92. The molecule has 0 unspecified atom stereocenters. The standard InChI is InChI=1S/C22H21ClN2O3/c23-20-11-19(12-25-13-20)21(26)14-24-10-9-15-1-3-16(4-2-15)17-5-7-18(8-6-17)22(27)28/h1-8,11-13,21,24,26H,9-10,14H2,(H,27,28)/t21-/m1/s1. The Morgan fingerprint density at radius 2 is 1.68 bits per heavy atom. The Morgan fingerprint density at radius 1 is 1.04 bits per heavy atom. The maximum Gasteiger partial charge on any atom is 0.335 e. The number of carbonyl (C=O) groups is 1. The van der Waals surface area contributed by atoms with Crippen LogP contribution in [0.2, 0.25) is 5.02 Å². The average Bonchev–Trinajstić information content (AvgIpc) is 2.71. The van der Waals surface area contributed by atoms with Crippen LogP contribution in [0, 0.1) is 0 Å². The van der Waals surface area contributed by atoms with E-state index in [1.54, 1.807) is 24.4 Å². The molecular formula is C22H21ClN2O3. The van der Waals surface area contributed by atoms with Gasteiger partial charge in [0.15, 0.2) is 0 Å². The molecule has 0 aliphatic carbocycles. The molecule has 28 heavy (non-hydrogen) atoms. The van der Waals surface area contributed by atoms with Crippen LogP contribution in [0.4, 0.5) is 0 Å². The van der Waals surface area contributed by atoms with E-state index in [1.165, 1.54) is 11.8 Å². The number of benzene rings is 2. The summed E-state index contributed by atoms with van der Waals surface area (Å²) in [6.45, 7) is 1.16. The van der Waals surface area contributed by atoms with Crippen molar-refractivity contribution in [2.45, 2.75) is 12.5 Å². The van der Waals surface area contributed by atoms with Gasteiger partial charge in [0.1, 0.15) is 0 Å². The summed E-state index contributed by atoms with van der Waals surface area (Å²) >= 11 is 5.89. The number of hydrogen-bond acceptors (Lipinski definition) is 4.